The molecule has 0 saturated heterocycles. The zero-order chi connectivity index (χ0) is 16.3. The number of carbonyl (C=O) groups is 2. The first-order valence-electron chi connectivity index (χ1n) is 6.88. The zero-order valence-electron chi connectivity index (χ0n) is 11.8. The average Bonchev–Trinajstić information content (AvgIpc) is 2.45. The van der Waals surface area contributed by atoms with E-state index in [4.69, 9.17) is 10.2 Å². The molecule has 0 aromatic heterocycles. The van der Waals surface area contributed by atoms with Crippen LogP contribution in [0.2, 0.25) is 0 Å². The largest absolute Gasteiger partial charge is 0.481 e. The van der Waals surface area contributed by atoms with E-state index in [0.717, 1.165) is 36.8 Å². The molecule has 1 aliphatic carbocycles. The van der Waals surface area contributed by atoms with Gasteiger partial charge in [0.15, 0.2) is 0 Å². The number of nitrogens with one attached hydrogen (secondary N) is 1. The predicted octanol–water partition coefficient (Wildman–Crippen LogP) is 0.772. The number of sulfonamides is 1. The lowest BCUT2D eigenvalue weighted by Gasteiger charge is -2.18. The van der Waals surface area contributed by atoms with Crippen LogP contribution in [0.1, 0.15) is 30.4 Å². The van der Waals surface area contributed by atoms with Crippen molar-refractivity contribution in [1.82, 2.24) is 4.72 Å². The molecule has 0 amide bonds. The third-order valence-corrected chi connectivity index (χ3v) is 5.07. The van der Waals surface area contributed by atoms with Crippen LogP contribution in [0.3, 0.4) is 0 Å². The van der Waals surface area contributed by atoms with Crippen LogP contribution in [0.15, 0.2) is 23.1 Å². The molecule has 7 nitrogen and oxygen atoms in total. The van der Waals surface area contributed by atoms with Gasteiger partial charge in [0.1, 0.15) is 6.04 Å². The van der Waals surface area contributed by atoms with E-state index in [-0.39, 0.29) is 4.90 Å². The van der Waals surface area contributed by atoms with Crippen molar-refractivity contribution in [3.63, 3.8) is 0 Å². The second-order valence-electron chi connectivity index (χ2n) is 5.25. The zero-order valence-corrected chi connectivity index (χ0v) is 12.6. The third-order valence-electron chi connectivity index (χ3n) is 3.60. The Morgan fingerprint density at radius 2 is 1.77 bits per heavy atom. The highest BCUT2D eigenvalue weighted by atomic mass is 32.2. The Hall–Kier alpha value is -1.93. The molecule has 0 spiro atoms. The van der Waals surface area contributed by atoms with E-state index in [0.29, 0.717) is 0 Å². The van der Waals surface area contributed by atoms with Crippen molar-refractivity contribution in [1.29, 1.82) is 0 Å². The number of carboxylic acid groups (broad SMARTS) is 2. The van der Waals surface area contributed by atoms with E-state index in [1.807, 2.05) is 4.72 Å². The monoisotopic (exact) mass is 327 g/mol. The Kier molecular flexibility index (Phi) is 4.82. The second kappa shape index (κ2) is 6.45. The number of aliphatic carboxylic acids is 2. The molecular formula is C14H17NO6S. The van der Waals surface area contributed by atoms with Crippen LogP contribution in [0, 0.1) is 0 Å². The molecule has 0 fully saturated rings. The van der Waals surface area contributed by atoms with Crippen molar-refractivity contribution in [3.05, 3.63) is 29.3 Å². The SMILES string of the molecule is O=C(O)C[C@@H](NS(=O)(=O)c1ccc2c(c1)CCCC2)C(=O)O. The number of hydrogen-bond donors (Lipinski definition) is 3. The van der Waals surface area contributed by atoms with Gasteiger partial charge in [-0.1, -0.05) is 6.07 Å². The second-order valence-corrected chi connectivity index (χ2v) is 6.96. The van der Waals surface area contributed by atoms with Crippen molar-refractivity contribution in [2.45, 2.75) is 43.0 Å². The van der Waals surface area contributed by atoms with Gasteiger partial charge >= 0.3 is 11.9 Å². The lowest BCUT2D eigenvalue weighted by Crippen LogP contribution is -2.42. The predicted molar refractivity (Wildman–Crippen MR) is 77.1 cm³/mol. The highest BCUT2D eigenvalue weighted by Gasteiger charge is 2.28. The van der Waals surface area contributed by atoms with E-state index in [1.165, 1.54) is 12.1 Å². The van der Waals surface area contributed by atoms with Crippen molar-refractivity contribution in [2.24, 2.45) is 0 Å². The number of carboxylic acids is 2. The Morgan fingerprint density at radius 3 is 2.36 bits per heavy atom. The highest BCUT2D eigenvalue weighted by Crippen LogP contribution is 2.24. The molecule has 0 aliphatic heterocycles. The molecule has 1 atom stereocenters. The average molecular weight is 327 g/mol. The minimum atomic E-state index is -4.08. The fraction of sp³-hybridized carbons (Fsp3) is 0.429. The Balaban J connectivity index is 2.25. The molecule has 1 aliphatic rings. The van der Waals surface area contributed by atoms with E-state index in [1.54, 1.807) is 6.07 Å². The summed E-state index contributed by atoms with van der Waals surface area (Å²) in [5.41, 5.74) is 2.05. The van der Waals surface area contributed by atoms with E-state index < -0.39 is 34.4 Å². The maximum absolute atomic E-state index is 12.2. The van der Waals surface area contributed by atoms with Gasteiger partial charge in [0.05, 0.1) is 11.3 Å². The topological polar surface area (TPSA) is 121 Å². The van der Waals surface area contributed by atoms with Crippen molar-refractivity contribution >= 4 is 22.0 Å². The van der Waals surface area contributed by atoms with Gasteiger partial charge in [-0.15, -0.1) is 0 Å². The van der Waals surface area contributed by atoms with Gasteiger partial charge in [-0.2, -0.15) is 4.72 Å². The quantitative estimate of drug-likeness (QED) is 0.710. The highest BCUT2D eigenvalue weighted by molar-refractivity contribution is 7.89. The summed E-state index contributed by atoms with van der Waals surface area (Å²) >= 11 is 0. The maximum atomic E-state index is 12.2. The van der Waals surface area contributed by atoms with Crippen molar-refractivity contribution in [3.8, 4) is 0 Å². The summed E-state index contributed by atoms with van der Waals surface area (Å²) in [4.78, 5) is 21.6. The summed E-state index contributed by atoms with van der Waals surface area (Å²) in [5, 5.41) is 17.6. The Labute approximate surface area is 128 Å². The van der Waals surface area contributed by atoms with Crippen LogP contribution in [0.4, 0.5) is 0 Å². The van der Waals surface area contributed by atoms with Crippen LogP contribution >= 0.6 is 0 Å². The van der Waals surface area contributed by atoms with Gasteiger partial charge in [-0.3, -0.25) is 9.59 Å². The van der Waals surface area contributed by atoms with Crippen LogP contribution in [-0.4, -0.2) is 36.6 Å². The summed E-state index contributed by atoms with van der Waals surface area (Å²) in [6.07, 6.45) is 2.92. The molecule has 8 heteroatoms. The summed E-state index contributed by atoms with van der Waals surface area (Å²) in [5.74, 6) is -2.91. The first-order valence-corrected chi connectivity index (χ1v) is 8.36. The Bertz CT molecular complexity index is 697. The molecule has 0 heterocycles. The van der Waals surface area contributed by atoms with Gasteiger partial charge in [-0.25, -0.2) is 8.42 Å². The molecular weight excluding hydrogens is 310 g/mol. The van der Waals surface area contributed by atoms with Crippen molar-refractivity contribution in [2.75, 3.05) is 0 Å². The smallest absolute Gasteiger partial charge is 0.322 e. The standard InChI is InChI=1S/C14H17NO6S/c16-13(17)8-12(14(18)19)15-22(20,21)11-6-5-9-3-1-2-4-10(9)7-11/h5-7,12,15H,1-4,8H2,(H,16,17)(H,18,19)/t12-/m1/s1. The van der Waals surface area contributed by atoms with Gasteiger partial charge < -0.3 is 10.2 Å². The molecule has 3 N–H and O–H groups in total. The van der Waals surface area contributed by atoms with Crippen LogP contribution < -0.4 is 4.72 Å². The summed E-state index contributed by atoms with van der Waals surface area (Å²) in [7, 11) is -4.08. The minimum absolute atomic E-state index is 0.0372. The number of fused-ring (bicyclic) bond motifs is 1. The van der Waals surface area contributed by atoms with E-state index >= 15 is 0 Å². The number of aryl methyl sites for hydroxylation is 2. The number of rotatable bonds is 6. The lowest BCUT2D eigenvalue weighted by atomic mass is 9.92. The minimum Gasteiger partial charge on any atom is -0.481 e. The fourth-order valence-corrected chi connectivity index (χ4v) is 3.73. The molecule has 1 aromatic rings. The Morgan fingerprint density at radius 1 is 1.14 bits per heavy atom. The molecule has 0 saturated carbocycles. The molecule has 2 rings (SSSR count). The van der Waals surface area contributed by atoms with E-state index in [2.05, 4.69) is 0 Å². The molecule has 120 valence electrons. The van der Waals surface area contributed by atoms with Gasteiger partial charge in [-0.05, 0) is 48.9 Å². The molecule has 1 aromatic carbocycles. The normalized spacial score (nSPS) is 15.8. The van der Waals surface area contributed by atoms with Gasteiger partial charge in [0.2, 0.25) is 10.0 Å². The summed E-state index contributed by atoms with van der Waals surface area (Å²) in [6.45, 7) is 0. The first-order chi connectivity index (χ1) is 10.3. The van der Waals surface area contributed by atoms with E-state index in [9.17, 15) is 18.0 Å². The molecule has 22 heavy (non-hydrogen) atoms. The summed E-state index contributed by atoms with van der Waals surface area (Å²) < 4.78 is 26.4. The third kappa shape index (κ3) is 3.83. The maximum Gasteiger partial charge on any atom is 0.322 e. The first kappa shape index (κ1) is 16.4. The van der Waals surface area contributed by atoms with Crippen molar-refractivity contribution < 1.29 is 28.2 Å². The van der Waals surface area contributed by atoms with Crippen LogP contribution in [0.25, 0.3) is 0 Å². The van der Waals surface area contributed by atoms with Gasteiger partial charge in [0.25, 0.3) is 0 Å². The summed E-state index contributed by atoms with van der Waals surface area (Å²) in [6, 6.07) is 3.00. The molecule has 0 radical (unpaired) electrons. The number of benzene rings is 1. The molecule has 0 unspecified atom stereocenters. The molecule has 0 bridgehead atoms. The lowest BCUT2D eigenvalue weighted by molar-refractivity contribution is -0.145. The van der Waals surface area contributed by atoms with Crippen LogP contribution in [-0.2, 0) is 32.5 Å². The van der Waals surface area contributed by atoms with Gasteiger partial charge in [0, 0.05) is 0 Å². The fourth-order valence-electron chi connectivity index (χ4n) is 2.49. The van der Waals surface area contributed by atoms with Crippen LogP contribution in [0.5, 0.6) is 0 Å². The number of hydrogen-bond acceptors (Lipinski definition) is 4.